The smallest absolute Gasteiger partial charge is 0.335 e. The average molecular weight is 196 g/mol. The quantitative estimate of drug-likeness (QED) is 0.735. The van der Waals surface area contributed by atoms with E-state index in [9.17, 15) is 4.79 Å². The van der Waals surface area contributed by atoms with E-state index in [0.29, 0.717) is 5.02 Å². The molecule has 0 atom stereocenters. The Balaban J connectivity index is 2.70. The molecule has 0 fully saturated rings. The summed E-state index contributed by atoms with van der Waals surface area (Å²) in [6, 6.07) is 4.78. The van der Waals surface area contributed by atoms with Gasteiger partial charge in [0.25, 0.3) is 0 Å². The van der Waals surface area contributed by atoms with E-state index in [1.165, 1.54) is 6.07 Å². The van der Waals surface area contributed by atoms with Crippen LogP contribution in [-0.2, 0) is 0 Å². The predicted octanol–water partition coefficient (Wildman–Crippen LogP) is 2.52. The number of nitrogens with one attached hydrogen (secondary N) is 1. The Morgan fingerprint density at radius 1 is 1.46 bits per heavy atom. The number of carboxylic acids is 1. The molecule has 1 aromatic carbocycles. The van der Waals surface area contributed by atoms with Crippen LogP contribution in [0.2, 0.25) is 5.02 Å². The molecule has 0 aliphatic heterocycles. The Morgan fingerprint density at radius 2 is 2.23 bits per heavy atom. The highest BCUT2D eigenvalue weighted by atomic mass is 35.5. The van der Waals surface area contributed by atoms with Gasteiger partial charge in [-0.05, 0) is 12.1 Å². The summed E-state index contributed by atoms with van der Waals surface area (Å²) >= 11 is 5.83. The molecule has 2 rings (SSSR count). The van der Waals surface area contributed by atoms with Crippen molar-refractivity contribution in [2.24, 2.45) is 0 Å². The number of aromatic carboxylic acids is 1. The molecule has 2 N–H and O–H groups in total. The summed E-state index contributed by atoms with van der Waals surface area (Å²) in [6.45, 7) is 0. The number of H-pyrrole nitrogens is 1. The molecule has 1 aromatic heterocycles. The van der Waals surface area contributed by atoms with Gasteiger partial charge in [0.05, 0.1) is 10.6 Å². The lowest BCUT2D eigenvalue weighted by molar-refractivity contribution is 0.0697. The lowest BCUT2D eigenvalue weighted by atomic mass is 10.2. The molecular weight excluding hydrogens is 190 g/mol. The number of aromatic nitrogens is 1. The van der Waals surface area contributed by atoms with Crippen molar-refractivity contribution in [1.82, 2.24) is 4.98 Å². The number of aromatic amines is 1. The van der Waals surface area contributed by atoms with Gasteiger partial charge in [0.1, 0.15) is 0 Å². The second-order valence-electron chi connectivity index (χ2n) is 2.70. The molecule has 0 radical (unpaired) electrons. The summed E-state index contributed by atoms with van der Waals surface area (Å²) in [4.78, 5) is 13.5. The van der Waals surface area contributed by atoms with Crippen LogP contribution in [-0.4, -0.2) is 16.1 Å². The standard InChI is InChI=1S/C9H6ClNO2/c10-7-4-11-8-3-5(9(12)13)1-2-6(7)8/h1-4,11H,(H,12,13). The second kappa shape index (κ2) is 2.78. The molecule has 0 spiro atoms. The van der Waals surface area contributed by atoms with Gasteiger partial charge in [-0.2, -0.15) is 0 Å². The first-order valence-electron chi connectivity index (χ1n) is 3.68. The molecule has 0 aliphatic rings. The van der Waals surface area contributed by atoms with Crippen LogP contribution in [0.3, 0.4) is 0 Å². The van der Waals surface area contributed by atoms with Crippen molar-refractivity contribution in [2.45, 2.75) is 0 Å². The van der Waals surface area contributed by atoms with Gasteiger partial charge in [-0.3, -0.25) is 0 Å². The lowest BCUT2D eigenvalue weighted by Crippen LogP contribution is -1.94. The third-order valence-corrected chi connectivity index (χ3v) is 2.19. The predicted molar refractivity (Wildman–Crippen MR) is 50.3 cm³/mol. The van der Waals surface area contributed by atoms with Gasteiger partial charge in [0, 0.05) is 17.1 Å². The molecule has 3 nitrogen and oxygen atoms in total. The molecule has 4 heteroatoms. The molecule has 2 aromatic rings. The van der Waals surface area contributed by atoms with Crippen molar-refractivity contribution in [3.8, 4) is 0 Å². The maximum Gasteiger partial charge on any atom is 0.335 e. The lowest BCUT2D eigenvalue weighted by Gasteiger charge is -1.94. The van der Waals surface area contributed by atoms with E-state index >= 15 is 0 Å². The van der Waals surface area contributed by atoms with E-state index in [0.717, 1.165) is 10.9 Å². The van der Waals surface area contributed by atoms with Crippen molar-refractivity contribution in [3.05, 3.63) is 35.0 Å². The third kappa shape index (κ3) is 1.27. The number of hydrogen-bond acceptors (Lipinski definition) is 1. The summed E-state index contributed by atoms with van der Waals surface area (Å²) in [5.41, 5.74) is 0.996. The highest BCUT2D eigenvalue weighted by Gasteiger charge is 2.05. The molecule has 0 bridgehead atoms. The summed E-state index contributed by atoms with van der Waals surface area (Å²) in [5.74, 6) is -0.937. The molecule has 13 heavy (non-hydrogen) atoms. The first-order valence-corrected chi connectivity index (χ1v) is 4.06. The largest absolute Gasteiger partial charge is 0.478 e. The molecule has 1 heterocycles. The zero-order chi connectivity index (χ0) is 9.42. The molecule has 0 amide bonds. The molecule has 0 unspecified atom stereocenters. The van der Waals surface area contributed by atoms with Crippen LogP contribution in [0, 0.1) is 0 Å². The number of carbonyl (C=O) groups is 1. The van der Waals surface area contributed by atoms with Crippen molar-refractivity contribution >= 4 is 28.5 Å². The van der Waals surface area contributed by atoms with E-state index < -0.39 is 5.97 Å². The summed E-state index contributed by atoms with van der Waals surface area (Å²) in [7, 11) is 0. The van der Waals surface area contributed by atoms with Gasteiger partial charge in [-0.15, -0.1) is 0 Å². The van der Waals surface area contributed by atoms with Crippen molar-refractivity contribution in [1.29, 1.82) is 0 Å². The fourth-order valence-electron chi connectivity index (χ4n) is 1.22. The van der Waals surface area contributed by atoms with Crippen molar-refractivity contribution in [2.75, 3.05) is 0 Å². The number of halogens is 1. The minimum Gasteiger partial charge on any atom is -0.478 e. The monoisotopic (exact) mass is 195 g/mol. The maximum atomic E-state index is 10.6. The number of rotatable bonds is 1. The zero-order valence-electron chi connectivity index (χ0n) is 6.54. The van der Waals surface area contributed by atoms with Crippen LogP contribution < -0.4 is 0 Å². The second-order valence-corrected chi connectivity index (χ2v) is 3.11. The van der Waals surface area contributed by atoms with Crippen molar-refractivity contribution < 1.29 is 9.90 Å². The maximum absolute atomic E-state index is 10.6. The Labute approximate surface area is 78.9 Å². The zero-order valence-corrected chi connectivity index (χ0v) is 7.30. The van der Waals surface area contributed by atoms with Crippen LogP contribution in [0.25, 0.3) is 10.9 Å². The molecule has 0 saturated heterocycles. The highest BCUT2D eigenvalue weighted by Crippen LogP contribution is 2.23. The number of benzene rings is 1. The minimum absolute atomic E-state index is 0.256. The van der Waals surface area contributed by atoms with Crippen LogP contribution >= 0.6 is 11.6 Å². The average Bonchev–Trinajstić information content (AvgIpc) is 2.47. The Morgan fingerprint density at radius 3 is 2.92 bits per heavy atom. The Hall–Kier alpha value is -1.48. The van der Waals surface area contributed by atoms with E-state index in [4.69, 9.17) is 16.7 Å². The summed E-state index contributed by atoms with van der Waals surface area (Å²) < 4.78 is 0. The van der Waals surface area contributed by atoms with E-state index in [1.807, 2.05) is 0 Å². The fraction of sp³-hybridized carbons (Fsp3) is 0. The number of fused-ring (bicyclic) bond motifs is 1. The Bertz CT molecular complexity index is 475. The van der Waals surface area contributed by atoms with Crippen LogP contribution in [0.1, 0.15) is 10.4 Å². The van der Waals surface area contributed by atoms with Crippen LogP contribution in [0.15, 0.2) is 24.4 Å². The topological polar surface area (TPSA) is 53.1 Å². The first kappa shape index (κ1) is 8.13. The summed E-state index contributed by atoms with van der Waals surface area (Å²) in [5, 5.41) is 10.1. The van der Waals surface area contributed by atoms with Gasteiger partial charge in [-0.1, -0.05) is 17.7 Å². The first-order chi connectivity index (χ1) is 6.18. The van der Waals surface area contributed by atoms with E-state index in [-0.39, 0.29) is 5.56 Å². The number of hydrogen-bond donors (Lipinski definition) is 2. The fourth-order valence-corrected chi connectivity index (χ4v) is 1.44. The van der Waals surface area contributed by atoms with Crippen LogP contribution in [0.5, 0.6) is 0 Å². The van der Waals surface area contributed by atoms with E-state index in [2.05, 4.69) is 4.98 Å². The third-order valence-electron chi connectivity index (χ3n) is 1.88. The highest BCUT2D eigenvalue weighted by molar-refractivity contribution is 6.35. The van der Waals surface area contributed by atoms with Gasteiger partial charge >= 0.3 is 5.97 Å². The molecule has 0 aliphatic carbocycles. The van der Waals surface area contributed by atoms with E-state index in [1.54, 1.807) is 18.3 Å². The molecular formula is C9H6ClNO2. The van der Waals surface area contributed by atoms with Gasteiger partial charge in [0.2, 0.25) is 0 Å². The normalized spacial score (nSPS) is 10.5. The van der Waals surface area contributed by atoms with Gasteiger partial charge in [-0.25, -0.2) is 4.79 Å². The van der Waals surface area contributed by atoms with Gasteiger partial charge in [0.15, 0.2) is 0 Å². The SMILES string of the molecule is O=C(O)c1ccc2c(Cl)c[nH]c2c1. The Kier molecular flexibility index (Phi) is 1.74. The molecule has 0 saturated carbocycles. The summed E-state index contributed by atoms with van der Waals surface area (Å²) in [6.07, 6.45) is 1.64. The molecule has 66 valence electrons. The van der Waals surface area contributed by atoms with Crippen molar-refractivity contribution in [3.63, 3.8) is 0 Å². The minimum atomic E-state index is -0.937. The van der Waals surface area contributed by atoms with Crippen LogP contribution in [0.4, 0.5) is 0 Å². The number of carboxylic acid groups (broad SMARTS) is 1. The van der Waals surface area contributed by atoms with Gasteiger partial charge < -0.3 is 10.1 Å².